The third-order valence-electron chi connectivity index (χ3n) is 3.19. The summed E-state index contributed by atoms with van der Waals surface area (Å²) in [7, 11) is 0. The van der Waals surface area contributed by atoms with E-state index in [0.717, 1.165) is 11.3 Å². The Bertz CT molecular complexity index is 717. The zero-order valence-electron chi connectivity index (χ0n) is 11.6. The Hall–Kier alpha value is -2.40. The van der Waals surface area contributed by atoms with Crippen molar-refractivity contribution in [1.82, 2.24) is 10.3 Å². The average molecular weight is 357 g/mol. The van der Waals surface area contributed by atoms with E-state index < -0.39 is 0 Å². The van der Waals surface area contributed by atoms with Gasteiger partial charge in [0.2, 0.25) is 0 Å². The van der Waals surface area contributed by atoms with Crippen molar-refractivity contribution in [3.63, 3.8) is 0 Å². The monoisotopic (exact) mass is 356 g/mol. The summed E-state index contributed by atoms with van der Waals surface area (Å²) in [5, 5.41) is 2.96. The Morgan fingerprint density at radius 1 is 1.05 bits per heavy atom. The van der Waals surface area contributed by atoms with Crippen LogP contribution in [0.2, 0.25) is 0 Å². The molecule has 0 radical (unpaired) electrons. The highest BCUT2D eigenvalue weighted by Gasteiger charge is 2.20. The molecule has 0 saturated heterocycles. The topological polar surface area (TPSA) is 55.1 Å². The zero-order valence-corrected chi connectivity index (χ0v) is 13.2. The van der Waals surface area contributed by atoms with Gasteiger partial charge in [0, 0.05) is 6.20 Å². The summed E-state index contributed by atoms with van der Waals surface area (Å²) in [6, 6.07) is 18.3. The first-order valence-electron chi connectivity index (χ1n) is 6.76. The zero-order chi connectivity index (χ0) is 15.4. The summed E-state index contributed by atoms with van der Waals surface area (Å²) in [6.07, 6.45) is 1.71. The maximum absolute atomic E-state index is 12.4. The van der Waals surface area contributed by atoms with Crippen molar-refractivity contribution in [1.29, 1.82) is 0 Å². The van der Waals surface area contributed by atoms with Crippen LogP contribution in [0.1, 0.15) is 27.9 Å². The number of rotatable bonds is 4. The predicted octanol–water partition coefficient (Wildman–Crippen LogP) is 3.96. The average Bonchev–Trinajstić information content (AvgIpc) is 3.01. The largest absolute Gasteiger partial charge is 0.444 e. The number of aromatic nitrogens is 1. The summed E-state index contributed by atoms with van der Waals surface area (Å²) >= 11 is 3.20. The normalized spacial score (nSPS) is 11.9. The maximum Gasteiger partial charge on any atom is 0.287 e. The fourth-order valence-corrected chi connectivity index (χ4v) is 2.47. The van der Waals surface area contributed by atoms with E-state index in [1.165, 1.54) is 0 Å². The summed E-state index contributed by atoms with van der Waals surface area (Å²) in [4.78, 5) is 16.7. The highest BCUT2D eigenvalue weighted by Crippen LogP contribution is 2.21. The number of furan rings is 1. The van der Waals surface area contributed by atoms with Gasteiger partial charge in [0.05, 0.1) is 11.7 Å². The summed E-state index contributed by atoms with van der Waals surface area (Å²) in [5.41, 5.74) is 1.73. The predicted molar refractivity (Wildman–Crippen MR) is 86.4 cm³/mol. The fourth-order valence-electron chi connectivity index (χ4n) is 2.16. The van der Waals surface area contributed by atoms with Crippen molar-refractivity contribution in [2.45, 2.75) is 6.04 Å². The molecule has 1 atom stereocenters. The Morgan fingerprint density at radius 3 is 2.45 bits per heavy atom. The van der Waals surface area contributed by atoms with Crippen LogP contribution in [0.25, 0.3) is 0 Å². The minimum atomic E-state index is -0.334. The number of benzene rings is 1. The highest BCUT2D eigenvalue weighted by molar-refractivity contribution is 9.10. The molecule has 3 rings (SSSR count). The second kappa shape index (κ2) is 6.58. The second-order valence-electron chi connectivity index (χ2n) is 4.68. The van der Waals surface area contributed by atoms with Gasteiger partial charge in [-0.05, 0) is 45.8 Å². The summed E-state index contributed by atoms with van der Waals surface area (Å²) in [5.74, 6) is -0.0334. The quantitative estimate of drug-likeness (QED) is 0.769. The number of hydrogen-bond acceptors (Lipinski definition) is 3. The first kappa shape index (κ1) is 14.5. The van der Waals surface area contributed by atoms with Gasteiger partial charge in [0.25, 0.3) is 5.91 Å². The minimum absolute atomic E-state index is 0.253. The lowest BCUT2D eigenvalue weighted by Crippen LogP contribution is -2.29. The maximum atomic E-state index is 12.4. The molecule has 0 saturated carbocycles. The number of carbonyl (C=O) groups excluding carboxylic acids is 1. The van der Waals surface area contributed by atoms with Crippen molar-refractivity contribution in [3.8, 4) is 0 Å². The number of amides is 1. The third kappa shape index (κ3) is 3.26. The van der Waals surface area contributed by atoms with E-state index in [1.807, 2.05) is 48.5 Å². The van der Waals surface area contributed by atoms with Gasteiger partial charge < -0.3 is 9.73 Å². The SMILES string of the molecule is O=C(NC(c1ccccc1)c1ccccn1)c1ccc(Br)o1. The lowest BCUT2D eigenvalue weighted by atomic mass is 10.0. The number of hydrogen-bond donors (Lipinski definition) is 1. The van der Waals surface area contributed by atoms with Crippen LogP contribution in [0.5, 0.6) is 0 Å². The van der Waals surface area contributed by atoms with Crippen LogP contribution in [-0.2, 0) is 0 Å². The van der Waals surface area contributed by atoms with Gasteiger partial charge in [-0.2, -0.15) is 0 Å². The van der Waals surface area contributed by atoms with Crippen LogP contribution < -0.4 is 5.32 Å². The van der Waals surface area contributed by atoms with Crippen LogP contribution in [-0.4, -0.2) is 10.9 Å². The number of nitrogens with one attached hydrogen (secondary N) is 1. The van der Waals surface area contributed by atoms with E-state index in [4.69, 9.17) is 4.42 Å². The molecule has 0 bridgehead atoms. The fraction of sp³-hybridized carbons (Fsp3) is 0.0588. The standard InChI is InChI=1S/C17H13BrN2O2/c18-15-10-9-14(22-15)17(21)20-16(12-6-2-1-3-7-12)13-8-4-5-11-19-13/h1-11,16H,(H,20,21). The van der Waals surface area contributed by atoms with Crippen molar-refractivity contribution in [2.24, 2.45) is 0 Å². The molecule has 1 amide bonds. The van der Waals surface area contributed by atoms with E-state index in [-0.39, 0.29) is 17.7 Å². The van der Waals surface area contributed by atoms with E-state index in [1.54, 1.807) is 18.3 Å². The van der Waals surface area contributed by atoms with Gasteiger partial charge in [0.15, 0.2) is 10.4 Å². The molecular formula is C17H13BrN2O2. The van der Waals surface area contributed by atoms with Gasteiger partial charge in [-0.15, -0.1) is 0 Å². The molecular weight excluding hydrogens is 344 g/mol. The minimum Gasteiger partial charge on any atom is -0.444 e. The van der Waals surface area contributed by atoms with Crippen LogP contribution >= 0.6 is 15.9 Å². The molecule has 4 nitrogen and oxygen atoms in total. The smallest absolute Gasteiger partial charge is 0.287 e. The Morgan fingerprint density at radius 2 is 1.82 bits per heavy atom. The number of carbonyl (C=O) groups is 1. The Labute approximate surface area is 136 Å². The first-order valence-corrected chi connectivity index (χ1v) is 7.55. The van der Waals surface area contributed by atoms with Gasteiger partial charge in [-0.25, -0.2) is 0 Å². The summed E-state index contributed by atoms with van der Waals surface area (Å²) < 4.78 is 5.82. The summed E-state index contributed by atoms with van der Waals surface area (Å²) in [6.45, 7) is 0. The molecule has 0 spiro atoms. The molecule has 0 aliphatic carbocycles. The van der Waals surface area contributed by atoms with E-state index in [2.05, 4.69) is 26.2 Å². The number of pyridine rings is 1. The van der Waals surface area contributed by atoms with Crippen molar-refractivity contribution in [3.05, 3.63) is 88.5 Å². The van der Waals surface area contributed by atoms with Gasteiger partial charge in [-0.1, -0.05) is 36.4 Å². The molecule has 1 unspecified atom stereocenters. The highest BCUT2D eigenvalue weighted by atomic mass is 79.9. The molecule has 0 aliphatic heterocycles. The molecule has 22 heavy (non-hydrogen) atoms. The second-order valence-corrected chi connectivity index (χ2v) is 5.46. The van der Waals surface area contributed by atoms with Crippen molar-refractivity contribution < 1.29 is 9.21 Å². The van der Waals surface area contributed by atoms with E-state index in [0.29, 0.717) is 4.67 Å². The lowest BCUT2D eigenvalue weighted by Gasteiger charge is -2.18. The van der Waals surface area contributed by atoms with Crippen molar-refractivity contribution >= 4 is 21.8 Å². The molecule has 3 aromatic rings. The molecule has 1 aromatic carbocycles. The molecule has 0 fully saturated rings. The van der Waals surface area contributed by atoms with E-state index in [9.17, 15) is 4.79 Å². The number of halogens is 1. The van der Waals surface area contributed by atoms with Gasteiger partial charge >= 0.3 is 0 Å². The third-order valence-corrected chi connectivity index (χ3v) is 3.62. The van der Waals surface area contributed by atoms with Crippen LogP contribution in [0.4, 0.5) is 0 Å². The molecule has 2 aromatic heterocycles. The lowest BCUT2D eigenvalue weighted by molar-refractivity contribution is 0.0913. The van der Waals surface area contributed by atoms with Gasteiger partial charge in [0.1, 0.15) is 0 Å². The van der Waals surface area contributed by atoms with E-state index >= 15 is 0 Å². The molecule has 2 heterocycles. The number of nitrogens with zero attached hydrogens (tertiary/aromatic N) is 1. The van der Waals surface area contributed by atoms with Crippen LogP contribution in [0.15, 0.2) is 75.9 Å². The molecule has 5 heteroatoms. The van der Waals surface area contributed by atoms with Crippen LogP contribution in [0, 0.1) is 0 Å². The molecule has 110 valence electrons. The Kier molecular flexibility index (Phi) is 4.34. The molecule has 0 aliphatic rings. The van der Waals surface area contributed by atoms with Crippen LogP contribution in [0.3, 0.4) is 0 Å². The molecule has 1 N–H and O–H groups in total. The first-order chi connectivity index (χ1) is 10.7. The van der Waals surface area contributed by atoms with Crippen molar-refractivity contribution in [2.75, 3.05) is 0 Å². The Balaban J connectivity index is 1.91. The van der Waals surface area contributed by atoms with Gasteiger partial charge in [-0.3, -0.25) is 9.78 Å².